The fourth-order valence-electron chi connectivity index (χ4n) is 2.82. The fourth-order valence-corrected chi connectivity index (χ4v) is 2.82. The summed E-state index contributed by atoms with van der Waals surface area (Å²) in [5.74, 6) is 0. The molecule has 0 rings (SSSR count). The van der Waals surface area contributed by atoms with Crippen molar-refractivity contribution >= 4 is 0 Å². The first-order valence-electron chi connectivity index (χ1n) is 9.69. The van der Waals surface area contributed by atoms with Crippen molar-refractivity contribution in [2.45, 2.75) is 83.6 Å². The van der Waals surface area contributed by atoms with Gasteiger partial charge in [0, 0.05) is 38.8 Å². The lowest BCUT2D eigenvalue weighted by molar-refractivity contribution is 0.433. The Labute approximate surface area is 139 Å². The Bertz CT molecular complexity index is 200. The molecule has 4 heteroatoms. The molecule has 0 aliphatic heterocycles. The minimum atomic E-state index is 0.546. The molecule has 1 unspecified atom stereocenters. The molecule has 0 aliphatic carbocycles. The summed E-state index contributed by atoms with van der Waals surface area (Å²) in [6.07, 6.45) is 15.2. The van der Waals surface area contributed by atoms with Crippen molar-refractivity contribution in [2.75, 3.05) is 32.7 Å². The third-order valence-corrected chi connectivity index (χ3v) is 4.20. The van der Waals surface area contributed by atoms with Gasteiger partial charge in [-0.2, -0.15) is 0 Å². The lowest BCUT2D eigenvalue weighted by atomic mass is 10.0. The van der Waals surface area contributed by atoms with Crippen LogP contribution in [0.15, 0.2) is 0 Å². The maximum Gasteiger partial charge on any atom is 0.0193 e. The molecule has 0 heterocycles. The number of hydrogen-bond acceptors (Lipinski definition) is 4. The zero-order valence-corrected chi connectivity index (χ0v) is 15.0. The van der Waals surface area contributed by atoms with Crippen LogP contribution < -0.4 is 22.1 Å². The van der Waals surface area contributed by atoms with E-state index in [1.54, 1.807) is 0 Å². The van der Waals surface area contributed by atoms with E-state index in [2.05, 4.69) is 17.6 Å². The molecule has 6 N–H and O–H groups in total. The molecule has 0 aromatic carbocycles. The average Bonchev–Trinajstić information content (AvgIpc) is 2.53. The van der Waals surface area contributed by atoms with Gasteiger partial charge in [0.15, 0.2) is 0 Å². The third kappa shape index (κ3) is 16.2. The van der Waals surface area contributed by atoms with Crippen molar-refractivity contribution in [3.05, 3.63) is 0 Å². The Hall–Kier alpha value is -0.160. The van der Waals surface area contributed by atoms with Crippen LogP contribution in [-0.4, -0.2) is 38.8 Å². The molecule has 0 aromatic rings. The van der Waals surface area contributed by atoms with Crippen molar-refractivity contribution in [3.8, 4) is 0 Å². The number of unbranched alkanes of at least 4 members (excludes halogenated alkanes) is 9. The summed E-state index contributed by atoms with van der Waals surface area (Å²) in [4.78, 5) is 0. The standard InChI is InChI=1S/C18H42N4/c1-2-3-4-5-6-7-8-9-10-11-12-18(22-16-14-20)17-21-15-13-19/h18,21-22H,2-17,19-20H2,1H3. The minimum Gasteiger partial charge on any atom is -0.329 e. The van der Waals surface area contributed by atoms with E-state index in [9.17, 15) is 0 Å². The van der Waals surface area contributed by atoms with Crippen molar-refractivity contribution < 1.29 is 0 Å². The maximum absolute atomic E-state index is 5.58. The third-order valence-electron chi connectivity index (χ3n) is 4.20. The van der Waals surface area contributed by atoms with Crippen LogP contribution >= 0.6 is 0 Å². The monoisotopic (exact) mass is 314 g/mol. The molecule has 0 fully saturated rings. The number of nitrogens with two attached hydrogens (primary N) is 2. The summed E-state index contributed by atoms with van der Waals surface area (Å²) in [6.45, 7) is 6.52. The van der Waals surface area contributed by atoms with Gasteiger partial charge in [0.05, 0.1) is 0 Å². The van der Waals surface area contributed by atoms with Gasteiger partial charge in [0.2, 0.25) is 0 Å². The van der Waals surface area contributed by atoms with Gasteiger partial charge in [0.1, 0.15) is 0 Å². The van der Waals surface area contributed by atoms with E-state index in [1.807, 2.05) is 0 Å². The topological polar surface area (TPSA) is 76.1 Å². The fraction of sp³-hybridized carbons (Fsp3) is 1.00. The molecule has 0 aromatic heterocycles. The predicted octanol–water partition coefficient (Wildman–Crippen LogP) is 2.76. The Morgan fingerprint density at radius 3 is 1.82 bits per heavy atom. The Morgan fingerprint density at radius 1 is 0.727 bits per heavy atom. The lowest BCUT2D eigenvalue weighted by Crippen LogP contribution is -2.42. The van der Waals surface area contributed by atoms with Crippen molar-refractivity contribution in [2.24, 2.45) is 11.5 Å². The highest BCUT2D eigenvalue weighted by atomic mass is 15.0. The summed E-state index contributed by atoms with van der Waals surface area (Å²) >= 11 is 0. The molecule has 0 bridgehead atoms. The van der Waals surface area contributed by atoms with E-state index in [1.165, 1.54) is 70.6 Å². The van der Waals surface area contributed by atoms with Crippen molar-refractivity contribution in [1.82, 2.24) is 10.6 Å². The Kier molecular flexibility index (Phi) is 18.8. The van der Waals surface area contributed by atoms with Gasteiger partial charge in [-0.15, -0.1) is 0 Å². The summed E-state index contributed by atoms with van der Waals surface area (Å²) in [5.41, 5.74) is 11.1. The van der Waals surface area contributed by atoms with E-state index in [0.717, 1.165) is 19.6 Å². The van der Waals surface area contributed by atoms with Gasteiger partial charge in [0.25, 0.3) is 0 Å². The molecule has 134 valence electrons. The Balaban J connectivity index is 3.41. The molecule has 4 nitrogen and oxygen atoms in total. The van der Waals surface area contributed by atoms with Crippen LogP contribution in [0.5, 0.6) is 0 Å². The Morgan fingerprint density at radius 2 is 1.27 bits per heavy atom. The van der Waals surface area contributed by atoms with Crippen LogP contribution in [0, 0.1) is 0 Å². The molecular formula is C18H42N4. The first-order valence-corrected chi connectivity index (χ1v) is 9.69. The molecule has 22 heavy (non-hydrogen) atoms. The maximum atomic E-state index is 5.58. The second-order valence-electron chi connectivity index (χ2n) is 6.40. The molecule has 0 saturated heterocycles. The first kappa shape index (κ1) is 21.8. The molecule has 0 radical (unpaired) electrons. The molecular weight excluding hydrogens is 272 g/mol. The van der Waals surface area contributed by atoms with Gasteiger partial charge in [-0.3, -0.25) is 0 Å². The molecule has 0 saturated carbocycles. The van der Waals surface area contributed by atoms with Crippen molar-refractivity contribution in [3.63, 3.8) is 0 Å². The van der Waals surface area contributed by atoms with Crippen LogP contribution in [0.1, 0.15) is 77.6 Å². The van der Waals surface area contributed by atoms with E-state index in [-0.39, 0.29) is 0 Å². The van der Waals surface area contributed by atoms with Crippen LogP contribution in [0.25, 0.3) is 0 Å². The first-order chi connectivity index (χ1) is 10.8. The largest absolute Gasteiger partial charge is 0.329 e. The van der Waals surface area contributed by atoms with Crippen LogP contribution in [0.2, 0.25) is 0 Å². The van der Waals surface area contributed by atoms with E-state index in [4.69, 9.17) is 11.5 Å². The summed E-state index contributed by atoms with van der Waals surface area (Å²) in [5, 5.41) is 6.93. The second-order valence-corrected chi connectivity index (χ2v) is 6.40. The van der Waals surface area contributed by atoms with E-state index >= 15 is 0 Å². The summed E-state index contributed by atoms with van der Waals surface area (Å²) in [7, 11) is 0. The lowest BCUT2D eigenvalue weighted by Gasteiger charge is -2.19. The highest BCUT2D eigenvalue weighted by molar-refractivity contribution is 4.70. The normalized spacial score (nSPS) is 12.7. The number of rotatable bonds is 18. The van der Waals surface area contributed by atoms with Gasteiger partial charge in [-0.1, -0.05) is 71.1 Å². The quantitative estimate of drug-likeness (QED) is 0.293. The van der Waals surface area contributed by atoms with Gasteiger partial charge >= 0.3 is 0 Å². The van der Waals surface area contributed by atoms with E-state index in [0.29, 0.717) is 19.1 Å². The van der Waals surface area contributed by atoms with Crippen LogP contribution in [0.3, 0.4) is 0 Å². The average molecular weight is 315 g/mol. The zero-order valence-electron chi connectivity index (χ0n) is 15.0. The van der Waals surface area contributed by atoms with Crippen LogP contribution in [0.4, 0.5) is 0 Å². The number of nitrogens with one attached hydrogen (secondary N) is 2. The summed E-state index contributed by atoms with van der Waals surface area (Å²) in [6, 6.07) is 0.546. The highest BCUT2D eigenvalue weighted by Crippen LogP contribution is 2.11. The minimum absolute atomic E-state index is 0.546. The number of hydrogen-bond donors (Lipinski definition) is 4. The van der Waals surface area contributed by atoms with Gasteiger partial charge in [-0.25, -0.2) is 0 Å². The zero-order chi connectivity index (χ0) is 16.3. The molecule has 0 spiro atoms. The predicted molar refractivity (Wildman–Crippen MR) is 99.2 cm³/mol. The van der Waals surface area contributed by atoms with Crippen LogP contribution in [-0.2, 0) is 0 Å². The van der Waals surface area contributed by atoms with E-state index < -0.39 is 0 Å². The highest BCUT2D eigenvalue weighted by Gasteiger charge is 2.06. The van der Waals surface area contributed by atoms with Gasteiger partial charge in [-0.05, 0) is 6.42 Å². The molecule has 0 amide bonds. The summed E-state index contributed by atoms with van der Waals surface area (Å²) < 4.78 is 0. The van der Waals surface area contributed by atoms with Crippen molar-refractivity contribution in [1.29, 1.82) is 0 Å². The SMILES string of the molecule is CCCCCCCCCCCCC(CNCCN)NCCN. The molecule has 0 aliphatic rings. The smallest absolute Gasteiger partial charge is 0.0193 e. The molecule has 1 atom stereocenters. The second kappa shape index (κ2) is 18.9. The van der Waals surface area contributed by atoms with Gasteiger partial charge < -0.3 is 22.1 Å².